The molecule has 0 aromatic heterocycles. The Hall–Kier alpha value is -1.22. The number of aryl methyl sites for hydroxylation is 1. The molecule has 1 aromatic rings. The minimum atomic E-state index is 0.529. The van der Waals surface area contributed by atoms with Crippen LogP contribution in [0.1, 0.15) is 12.0 Å². The van der Waals surface area contributed by atoms with E-state index in [0.717, 1.165) is 24.5 Å². The molecule has 0 amide bonds. The van der Waals surface area contributed by atoms with E-state index in [0.29, 0.717) is 6.04 Å². The largest absolute Gasteiger partial charge is 0.495 e. The minimum Gasteiger partial charge on any atom is -0.495 e. The first-order valence-corrected chi connectivity index (χ1v) is 5.41. The molecule has 3 heteroatoms. The lowest BCUT2D eigenvalue weighted by Crippen LogP contribution is -2.22. The Balaban J connectivity index is 2.12. The van der Waals surface area contributed by atoms with Gasteiger partial charge in [0.05, 0.1) is 12.8 Å². The summed E-state index contributed by atoms with van der Waals surface area (Å²) in [6.45, 7) is 4.21. The number of hydrogen-bond acceptors (Lipinski definition) is 3. The smallest absolute Gasteiger partial charge is 0.142 e. The highest BCUT2D eigenvalue weighted by molar-refractivity contribution is 5.58. The van der Waals surface area contributed by atoms with Crippen LogP contribution in [0.3, 0.4) is 0 Å². The van der Waals surface area contributed by atoms with Gasteiger partial charge >= 0.3 is 0 Å². The van der Waals surface area contributed by atoms with Crippen LogP contribution in [0.15, 0.2) is 18.2 Å². The van der Waals surface area contributed by atoms with E-state index in [1.54, 1.807) is 7.11 Å². The van der Waals surface area contributed by atoms with Crippen molar-refractivity contribution in [3.63, 3.8) is 0 Å². The molecule has 0 radical (unpaired) electrons. The van der Waals surface area contributed by atoms with Gasteiger partial charge in [-0.05, 0) is 37.6 Å². The average Bonchev–Trinajstić information content (AvgIpc) is 2.73. The third-order valence-corrected chi connectivity index (χ3v) is 2.78. The van der Waals surface area contributed by atoms with Crippen molar-refractivity contribution in [2.24, 2.45) is 0 Å². The molecule has 0 bridgehead atoms. The molecular weight excluding hydrogens is 188 g/mol. The van der Waals surface area contributed by atoms with Gasteiger partial charge in [0.25, 0.3) is 0 Å². The summed E-state index contributed by atoms with van der Waals surface area (Å²) in [4.78, 5) is 0. The minimum absolute atomic E-state index is 0.529. The van der Waals surface area contributed by atoms with E-state index in [1.807, 2.05) is 0 Å². The lowest BCUT2D eigenvalue weighted by atomic mass is 10.2. The fourth-order valence-electron chi connectivity index (χ4n) is 1.92. The van der Waals surface area contributed by atoms with Crippen LogP contribution in [0.2, 0.25) is 0 Å². The van der Waals surface area contributed by atoms with Crippen LogP contribution in [-0.4, -0.2) is 26.2 Å². The molecule has 1 aliphatic rings. The standard InChI is InChI=1S/C12H18N2O/c1-9-3-4-11(12(7-9)15-2)14-10-5-6-13-8-10/h3-4,7,10,13-14H,5-6,8H2,1-2H3. The maximum Gasteiger partial charge on any atom is 0.142 e. The van der Waals surface area contributed by atoms with E-state index in [1.165, 1.54) is 12.0 Å². The average molecular weight is 206 g/mol. The normalized spacial score (nSPS) is 20.3. The van der Waals surface area contributed by atoms with Gasteiger partial charge in [-0.1, -0.05) is 6.07 Å². The fourth-order valence-corrected chi connectivity index (χ4v) is 1.92. The molecule has 1 atom stereocenters. The van der Waals surface area contributed by atoms with Gasteiger partial charge in [-0.3, -0.25) is 0 Å². The summed E-state index contributed by atoms with van der Waals surface area (Å²) in [6.07, 6.45) is 1.18. The molecule has 1 aromatic carbocycles. The first-order chi connectivity index (χ1) is 7.29. The molecule has 1 aliphatic heterocycles. The van der Waals surface area contributed by atoms with E-state index >= 15 is 0 Å². The Bertz CT molecular complexity index is 332. The van der Waals surface area contributed by atoms with Crippen molar-refractivity contribution < 1.29 is 4.74 Å². The Morgan fingerprint density at radius 1 is 1.47 bits per heavy atom. The molecule has 0 aliphatic carbocycles. The van der Waals surface area contributed by atoms with E-state index in [2.05, 4.69) is 35.8 Å². The third-order valence-electron chi connectivity index (χ3n) is 2.78. The van der Waals surface area contributed by atoms with Crippen LogP contribution in [0.4, 0.5) is 5.69 Å². The molecule has 3 nitrogen and oxygen atoms in total. The summed E-state index contributed by atoms with van der Waals surface area (Å²) < 4.78 is 5.35. The first-order valence-electron chi connectivity index (χ1n) is 5.41. The van der Waals surface area contributed by atoms with E-state index in [9.17, 15) is 0 Å². The van der Waals surface area contributed by atoms with Crippen molar-refractivity contribution in [1.82, 2.24) is 5.32 Å². The summed E-state index contributed by atoms with van der Waals surface area (Å²) in [5.74, 6) is 0.932. The molecule has 2 rings (SSSR count). The molecule has 2 N–H and O–H groups in total. The molecule has 0 saturated carbocycles. The van der Waals surface area contributed by atoms with Crippen molar-refractivity contribution in [3.05, 3.63) is 23.8 Å². The fraction of sp³-hybridized carbons (Fsp3) is 0.500. The number of rotatable bonds is 3. The summed E-state index contributed by atoms with van der Waals surface area (Å²) in [5, 5.41) is 6.84. The summed E-state index contributed by atoms with van der Waals surface area (Å²) >= 11 is 0. The van der Waals surface area contributed by atoms with Gasteiger partial charge < -0.3 is 15.4 Å². The van der Waals surface area contributed by atoms with Crippen LogP contribution >= 0.6 is 0 Å². The van der Waals surface area contributed by atoms with Gasteiger partial charge in [-0.25, -0.2) is 0 Å². The zero-order valence-electron chi connectivity index (χ0n) is 9.34. The highest BCUT2D eigenvalue weighted by Gasteiger charge is 2.15. The molecular formula is C12H18N2O. The number of hydrogen-bond donors (Lipinski definition) is 2. The molecule has 15 heavy (non-hydrogen) atoms. The number of nitrogens with one attached hydrogen (secondary N) is 2. The Kier molecular flexibility index (Phi) is 3.11. The van der Waals surface area contributed by atoms with Gasteiger partial charge in [-0.15, -0.1) is 0 Å². The predicted octanol–water partition coefficient (Wildman–Crippen LogP) is 1.78. The summed E-state index contributed by atoms with van der Waals surface area (Å²) in [6, 6.07) is 6.78. The number of ether oxygens (including phenoxy) is 1. The molecule has 1 heterocycles. The molecule has 1 unspecified atom stereocenters. The maximum absolute atomic E-state index is 5.35. The number of benzene rings is 1. The van der Waals surface area contributed by atoms with Crippen molar-refractivity contribution in [1.29, 1.82) is 0 Å². The lowest BCUT2D eigenvalue weighted by molar-refractivity contribution is 0.415. The van der Waals surface area contributed by atoms with Gasteiger partial charge in [0.2, 0.25) is 0 Å². The highest BCUT2D eigenvalue weighted by atomic mass is 16.5. The van der Waals surface area contributed by atoms with Gasteiger partial charge in [0, 0.05) is 12.6 Å². The number of anilines is 1. The second-order valence-electron chi connectivity index (χ2n) is 4.04. The van der Waals surface area contributed by atoms with Gasteiger partial charge in [0.15, 0.2) is 0 Å². The third kappa shape index (κ3) is 2.42. The zero-order valence-corrected chi connectivity index (χ0v) is 9.34. The van der Waals surface area contributed by atoms with Crippen LogP contribution in [0, 0.1) is 6.92 Å². The number of methoxy groups -OCH3 is 1. The molecule has 1 fully saturated rings. The van der Waals surface area contributed by atoms with Crippen LogP contribution in [0.5, 0.6) is 5.75 Å². The van der Waals surface area contributed by atoms with E-state index in [4.69, 9.17) is 4.74 Å². The second-order valence-corrected chi connectivity index (χ2v) is 4.04. The Morgan fingerprint density at radius 3 is 3.00 bits per heavy atom. The summed E-state index contributed by atoms with van der Waals surface area (Å²) in [7, 11) is 1.72. The molecule has 1 saturated heterocycles. The van der Waals surface area contributed by atoms with Crippen molar-refractivity contribution in [2.75, 3.05) is 25.5 Å². The predicted molar refractivity (Wildman–Crippen MR) is 62.6 cm³/mol. The first kappa shape index (κ1) is 10.3. The quantitative estimate of drug-likeness (QED) is 0.791. The van der Waals surface area contributed by atoms with E-state index in [-0.39, 0.29) is 0 Å². The Morgan fingerprint density at radius 2 is 2.33 bits per heavy atom. The highest BCUT2D eigenvalue weighted by Crippen LogP contribution is 2.26. The Labute approximate surface area is 90.8 Å². The SMILES string of the molecule is COc1cc(C)ccc1NC1CCNC1. The van der Waals surface area contributed by atoms with E-state index < -0.39 is 0 Å². The summed E-state index contributed by atoms with van der Waals surface area (Å²) in [5.41, 5.74) is 2.32. The van der Waals surface area contributed by atoms with Crippen LogP contribution in [0.25, 0.3) is 0 Å². The zero-order chi connectivity index (χ0) is 10.7. The van der Waals surface area contributed by atoms with Gasteiger partial charge in [-0.2, -0.15) is 0 Å². The maximum atomic E-state index is 5.35. The molecule has 0 spiro atoms. The monoisotopic (exact) mass is 206 g/mol. The second kappa shape index (κ2) is 4.53. The lowest BCUT2D eigenvalue weighted by Gasteiger charge is -2.16. The van der Waals surface area contributed by atoms with Crippen LogP contribution in [-0.2, 0) is 0 Å². The van der Waals surface area contributed by atoms with Crippen LogP contribution < -0.4 is 15.4 Å². The van der Waals surface area contributed by atoms with Crippen molar-refractivity contribution >= 4 is 5.69 Å². The molecule has 82 valence electrons. The van der Waals surface area contributed by atoms with Crippen molar-refractivity contribution in [2.45, 2.75) is 19.4 Å². The topological polar surface area (TPSA) is 33.3 Å². The van der Waals surface area contributed by atoms with Gasteiger partial charge in [0.1, 0.15) is 5.75 Å². The van der Waals surface area contributed by atoms with Crippen molar-refractivity contribution in [3.8, 4) is 5.75 Å².